The van der Waals surface area contributed by atoms with Gasteiger partial charge in [0.05, 0.1) is 0 Å². The summed E-state index contributed by atoms with van der Waals surface area (Å²) in [4.78, 5) is 24.7. The van der Waals surface area contributed by atoms with Crippen LogP contribution in [0.2, 0.25) is 0 Å². The van der Waals surface area contributed by atoms with Gasteiger partial charge in [-0.05, 0) is 38.3 Å². The third-order valence-electron chi connectivity index (χ3n) is 3.61. The SMILES string of the molecule is C[C@@H]1CCC[C@H](C(=O)O)N1C(=O)c1c(F)cccc1F. The van der Waals surface area contributed by atoms with Crippen molar-refractivity contribution in [3.63, 3.8) is 0 Å². The Morgan fingerprint density at radius 3 is 2.40 bits per heavy atom. The highest BCUT2D eigenvalue weighted by molar-refractivity contribution is 5.97. The molecule has 20 heavy (non-hydrogen) atoms. The number of hydrogen-bond acceptors (Lipinski definition) is 2. The minimum absolute atomic E-state index is 0.293. The molecule has 0 radical (unpaired) electrons. The highest BCUT2D eigenvalue weighted by Crippen LogP contribution is 2.26. The van der Waals surface area contributed by atoms with Crippen molar-refractivity contribution >= 4 is 11.9 Å². The summed E-state index contributed by atoms with van der Waals surface area (Å²) in [6.45, 7) is 1.69. The number of rotatable bonds is 2. The molecule has 1 aromatic rings. The maximum atomic E-state index is 13.7. The van der Waals surface area contributed by atoms with Crippen molar-refractivity contribution in [2.75, 3.05) is 0 Å². The smallest absolute Gasteiger partial charge is 0.326 e. The molecule has 4 nitrogen and oxygen atoms in total. The van der Waals surface area contributed by atoms with Crippen molar-refractivity contribution in [3.8, 4) is 0 Å². The van der Waals surface area contributed by atoms with Crippen LogP contribution in [0.15, 0.2) is 18.2 Å². The molecule has 0 aliphatic carbocycles. The second kappa shape index (κ2) is 5.56. The van der Waals surface area contributed by atoms with Crippen LogP contribution >= 0.6 is 0 Å². The fourth-order valence-electron chi connectivity index (χ4n) is 2.61. The van der Waals surface area contributed by atoms with Crippen molar-refractivity contribution in [2.45, 2.75) is 38.3 Å². The predicted octanol–water partition coefficient (Wildman–Crippen LogP) is 2.43. The zero-order valence-electron chi connectivity index (χ0n) is 11.0. The quantitative estimate of drug-likeness (QED) is 0.907. The Hall–Kier alpha value is -1.98. The summed E-state index contributed by atoms with van der Waals surface area (Å²) in [6, 6.07) is 1.73. The summed E-state index contributed by atoms with van der Waals surface area (Å²) in [7, 11) is 0. The molecule has 1 aromatic carbocycles. The molecule has 0 bridgehead atoms. The number of likely N-dealkylation sites (tertiary alicyclic amines) is 1. The van der Waals surface area contributed by atoms with Crippen molar-refractivity contribution in [2.24, 2.45) is 0 Å². The standard InChI is InChI=1S/C14H15F2NO3/c1-8-4-2-7-11(14(19)20)17(8)13(18)12-9(15)5-3-6-10(12)16/h3,5-6,8,11H,2,4,7H2,1H3,(H,19,20)/t8-,11-/m1/s1. The van der Waals surface area contributed by atoms with E-state index in [9.17, 15) is 23.5 Å². The molecule has 0 unspecified atom stereocenters. The summed E-state index contributed by atoms with van der Waals surface area (Å²) < 4.78 is 27.4. The number of nitrogens with zero attached hydrogens (tertiary/aromatic N) is 1. The minimum Gasteiger partial charge on any atom is -0.480 e. The van der Waals surface area contributed by atoms with E-state index in [0.717, 1.165) is 23.1 Å². The Morgan fingerprint density at radius 1 is 1.25 bits per heavy atom. The van der Waals surface area contributed by atoms with Crippen LogP contribution < -0.4 is 0 Å². The van der Waals surface area contributed by atoms with Gasteiger partial charge in [-0.1, -0.05) is 6.07 Å². The number of piperidine rings is 1. The molecule has 1 fully saturated rings. The molecule has 1 aliphatic heterocycles. The van der Waals surface area contributed by atoms with E-state index in [1.54, 1.807) is 6.92 Å². The third-order valence-corrected chi connectivity index (χ3v) is 3.61. The Bertz CT molecular complexity index is 527. The molecule has 1 amide bonds. The Morgan fingerprint density at radius 2 is 1.85 bits per heavy atom. The lowest BCUT2D eigenvalue weighted by Gasteiger charge is -2.38. The summed E-state index contributed by atoms with van der Waals surface area (Å²) in [5.74, 6) is -4.00. The lowest BCUT2D eigenvalue weighted by molar-refractivity contribution is -0.144. The number of halogens is 2. The Balaban J connectivity index is 2.41. The van der Waals surface area contributed by atoms with Crippen molar-refractivity contribution in [3.05, 3.63) is 35.4 Å². The third kappa shape index (κ3) is 2.50. The largest absolute Gasteiger partial charge is 0.480 e. The average molecular weight is 283 g/mol. The van der Waals surface area contributed by atoms with Gasteiger partial charge in [0.2, 0.25) is 0 Å². The highest BCUT2D eigenvalue weighted by Gasteiger charge is 2.38. The first kappa shape index (κ1) is 14.4. The fourth-order valence-corrected chi connectivity index (χ4v) is 2.61. The first-order chi connectivity index (χ1) is 9.43. The van der Waals surface area contributed by atoms with Gasteiger partial charge in [0, 0.05) is 6.04 Å². The number of aliphatic carboxylic acids is 1. The van der Waals surface area contributed by atoms with E-state index in [-0.39, 0.29) is 6.04 Å². The molecule has 1 heterocycles. The molecule has 2 atom stereocenters. The normalized spacial score (nSPS) is 22.6. The Kier molecular flexibility index (Phi) is 4.01. The second-order valence-corrected chi connectivity index (χ2v) is 4.94. The van der Waals surface area contributed by atoms with E-state index in [0.29, 0.717) is 19.3 Å². The molecule has 1 saturated heterocycles. The van der Waals surface area contributed by atoms with Crippen LogP contribution in [0.4, 0.5) is 8.78 Å². The van der Waals surface area contributed by atoms with E-state index < -0.39 is 35.1 Å². The van der Waals surface area contributed by atoms with E-state index in [4.69, 9.17) is 0 Å². The molecule has 0 saturated carbocycles. The van der Waals surface area contributed by atoms with Crippen LogP contribution in [-0.4, -0.2) is 34.0 Å². The van der Waals surface area contributed by atoms with Crippen molar-refractivity contribution < 1.29 is 23.5 Å². The topological polar surface area (TPSA) is 57.6 Å². The van der Waals surface area contributed by atoms with Crippen molar-refractivity contribution in [1.29, 1.82) is 0 Å². The van der Waals surface area contributed by atoms with Crippen LogP contribution in [0, 0.1) is 11.6 Å². The molecular formula is C14H15F2NO3. The summed E-state index contributed by atoms with van der Waals surface area (Å²) in [5.41, 5.74) is -0.687. The lowest BCUT2D eigenvalue weighted by atomic mass is 9.95. The summed E-state index contributed by atoms with van der Waals surface area (Å²) >= 11 is 0. The number of carbonyl (C=O) groups is 2. The molecule has 1 aliphatic rings. The van der Waals surface area contributed by atoms with Gasteiger partial charge in [-0.15, -0.1) is 0 Å². The van der Waals surface area contributed by atoms with Gasteiger partial charge in [0.15, 0.2) is 0 Å². The molecule has 2 rings (SSSR count). The average Bonchev–Trinajstić information content (AvgIpc) is 2.37. The van der Waals surface area contributed by atoms with E-state index in [1.807, 2.05) is 0 Å². The molecule has 6 heteroatoms. The van der Waals surface area contributed by atoms with Gasteiger partial charge in [-0.25, -0.2) is 13.6 Å². The number of carboxylic acid groups (broad SMARTS) is 1. The monoisotopic (exact) mass is 283 g/mol. The van der Waals surface area contributed by atoms with Gasteiger partial charge < -0.3 is 10.0 Å². The summed E-state index contributed by atoms with van der Waals surface area (Å²) in [5, 5.41) is 9.18. The first-order valence-electron chi connectivity index (χ1n) is 6.43. The second-order valence-electron chi connectivity index (χ2n) is 4.94. The van der Waals surface area contributed by atoms with Gasteiger partial charge in [-0.2, -0.15) is 0 Å². The van der Waals surface area contributed by atoms with Gasteiger partial charge in [0.25, 0.3) is 5.91 Å². The first-order valence-corrected chi connectivity index (χ1v) is 6.43. The summed E-state index contributed by atoms with van der Waals surface area (Å²) in [6.07, 6.45) is 1.58. The molecule has 1 N–H and O–H groups in total. The molecule has 0 spiro atoms. The van der Waals surface area contributed by atoms with Crippen LogP contribution in [0.5, 0.6) is 0 Å². The molecule has 108 valence electrons. The van der Waals surface area contributed by atoms with E-state index in [2.05, 4.69) is 0 Å². The lowest BCUT2D eigenvalue weighted by Crippen LogP contribution is -2.52. The zero-order valence-corrected chi connectivity index (χ0v) is 11.0. The Labute approximate surface area is 115 Å². The van der Waals surface area contributed by atoms with Gasteiger partial charge in [0.1, 0.15) is 23.2 Å². The number of carboxylic acids is 1. The number of carbonyl (C=O) groups excluding carboxylic acids is 1. The maximum Gasteiger partial charge on any atom is 0.326 e. The number of hydrogen-bond donors (Lipinski definition) is 1. The number of amides is 1. The van der Waals surface area contributed by atoms with Gasteiger partial charge >= 0.3 is 5.97 Å². The number of benzene rings is 1. The van der Waals surface area contributed by atoms with Crippen LogP contribution in [0.25, 0.3) is 0 Å². The zero-order chi connectivity index (χ0) is 14.9. The van der Waals surface area contributed by atoms with Crippen LogP contribution in [0.3, 0.4) is 0 Å². The van der Waals surface area contributed by atoms with E-state index in [1.165, 1.54) is 0 Å². The highest BCUT2D eigenvalue weighted by atomic mass is 19.1. The van der Waals surface area contributed by atoms with Crippen LogP contribution in [0.1, 0.15) is 36.5 Å². The van der Waals surface area contributed by atoms with Crippen molar-refractivity contribution in [1.82, 2.24) is 4.90 Å². The van der Waals surface area contributed by atoms with Gasteiger partial charge in [-0.3, -0.25) is 4.79 Å². The predicted molar refractivity (Wildman–Crippen MR) is 67.3 cm³/mol. The van der Waals surface area contributed by atoms with E-state index >= 15 is 0 Å². The molecular weight excluding hydrogens is 268 g/mol. The fraction of sp³-hybridized carbons (Fsp3) is 0.429. The molecule has 0 aromatic heterocycles. The minimum atomic E-state index is -1.15. The maximum absolute atomic E-state index is 13.7. The van der Waals surface area contributed by atoms with Crippen LogP contribution in [-0.2, 0) is 4.79 Å².